The number of carbonyl (C=O) groups is 1. The standard InChI is InChI=1S/C17H17Cl2N5O/c1-12-16(19)11-23(22-12)6-5-17(25)21-15-8-20-24(10-15)9-13-3-2-4-14(18)7-13/h2-4,7-8,10-11H,5-6,9H2,1H3,(H,21,25). The molecule has 8 heteroatoms. The topological polar surface area (TPSA) is 64.7 Å². The third-order valence-corrected chi connectivity index (χ3v) is 4.21. The monoisotopic (exact) mass is 377 g/mol. The van der Waals surface area contributed by atoms with Crippen molar-refractivity contribution in [2.45, 2.75) is 26.4 Å². The normalized spacial score (nSPS) is 10.8. The number of rotatable bonds is 6. The highest BCUT2D eigenvalue weighted by atomic mass is 35.5. The maximum Gasteiger partial charge on any atom is 0.226 e. The van der Waals surface area contributed by atoms with E-state index in [0.29, 0.717) is 35.2 Å². The Morgan fingerprint density at radius 2 is 2.08 bits per heavy atom. The van der Waals surface area contributed by atoms with Crippen LogP contribution in [0.4, 0.5) is 5.69 Å². The fraction of sp³-hybridized carbons (Fsp3) is 0.235. The van der Waals surface area contributed by atoms with Gasteiger partial charge >= 0.3 is 0 Å². The molecule has 0 saturated carbocycles. The lowest BCUT2D eigenvalue weighted by atomic mass is 10.2. The van der Waals surface area contributed by atoms with Crippen LogP contribution in [0.1, 0.15) is 17.7 Å². The van der Waals surface area contributed by atoms with Crippen LogP contribution < -0.4 is 5.32 Å². The quantitative estimate of drug-likeness (QED) is 0.710. The summed E-state index contributed by atoms with van der Waals surface area (Å²) in [6, 6.07) is 7.59. The summed E-state index contributed by atoms with van der Waals surface area (Å²) in [5.41, 5.74) is 2.45. The fourth-order valence-corrected chi connectivity index (χ4v) is 2.75. The van der Waals surface area contributed by atoms with Gasteiger partial charge in [-0.15, -0.1) is 0 Å². The van der Waals surface area contributed by atoms with Crippen LogP contribution >= 0.6 is 23.2 Å². The minimum absolute atomic E-state index is 0.105. The van der Waals surface area contributed by atoms with Gasteiger partial charge in [-0.2, -0.15) is 10.2 Å². The second kappa shape index (κ2) is 7.72. The molecule has 1 amide bonds. The van der Waals surface area contributed by atoms with Crippen LogP contribution in [0.15, 0.2) is 42.9 Å². The molecule has 3 rings (SSSR count). The van der Waals surface area contributed by atoms with Crippen molar-refractivity contribution in [2.24, 2.45) is 0 Å². The summed E-state index contributed by atoms with van der Waals surface area (Å²) in [6.45, 7) is 2.88. The van der Waals surface area contributed by atoms with Crippen molar-refractivity contribution in [3.8, 4) is 0 Å². The summed E-state index contributed by atoms with van der Waals surface area (Å²) in [4.78, 5) is 12.1. The molecule has 25 heavy (non-hydrogen) atoms. The van der Waals surface area contributed by atoms with E-state index in [4.69, 9.17) is 23.2 Å². The maximum absolute atomic E-state index is 12.1. The number of hydrogen-bond donors (Lipinski definition) is 1. The predicted octanol–water partition coefficient (Wildman–Crippen LogP) is 3.77. The van der Waals surface area contributed by atoms with Crippen molar-refractivity contribution in [2.75, 3.05) is 5.32 Å². The molecule has 1 N–H and O–H groups in total. The van der Waals surface area contributed by atoms with Gasteiger partial charge in [-0.25, -0.2) is 0 Å². The van der Waals surface area contributed by atoms with Crippen molar-refractivity contribution in [3.05, 3.63) is 64.2 Å². The van der Waals surface area contributed by atoms with Crippen molar-refractivity contribution < 1.29 is 4.79 Å². The van der Waals surface area contributed by atoms with E-state index in [1.165, 1.54) is 0 Å². The van der Waals surface area contributed by atoms with E-state index in [1.807, 2.05) is 31.2 Å². The highest BCUT2D eigenvalue weighted by molar-refractivity contribution is 6.31. The molecule has 0 fully saturated rings. The number of hydrogen-bond acceptors (Lipinski definition) is 3. The van der Waals surface area contributed by atoms with Gasteiger partial charge in [-0.1, -0.05) is 35.3 Å². The van der Waals surface area contributed by atoms with Crippen LogP contribution in [0, 0.1) is 6.92 Å². The number of benzene rings is 1. The second-order valence-corrected chi connectivity index (χ2v) is 6.52. The van der Waals surface area contributed by atoms with E-state index < -0.39 is 0 Å². The Kier molecular flexibility index (Phi) is 5.40. The van der Waals surface area contributed by atoms with Crippen LogP contribution in [0.3, 0.4) is 0 Å². The Morgan fingerprint density at radius 3 is 2.80 bits per heavy atom. The smallest absolute Gasteiger partial charge is 0.226 e. The molecule has 0 spiro atoms. The molecule has 0 bridgehead atoms. The number of aryl methyl sites for hydroxylation is 2. The third-order valence-electron chi connectivity index (χ3n) is 3.61. The molecule has 1 aromatic carbocycles. The summed E-state index contributed by atoms with van der Waals surface area (Å²) in [7, 11) is 0. The molecule has 2 aromatic heterocycles. The molecular weight excluding hydrogens is 361 g/mol. The number of halogens is 2. The van der Waals surface area contributed by atoms with Crippen molar-refractivity contribution in [1.29, 1.82) is 0 Å². The average Bonchev–Trinajstić information content (AvgIpc) is 3.12. The van der Waals surface area contributed by atoms with Crippen molar-refractivity contribution in [1.82, 2.24) is 19.6 Å². The zero-order chi connectivity index (χ0) is 17.8. The first-order valence-corrected chi connectivity index (χ1v) is 8.51. The van der Waals surface area contributed by atoms with Crippen LogP contribution in [0.2, 0.25) is 10.0 Å². The highest BCUT2D eigenvalue weighted by Crippen LogP contribution is 2.14. The minimum Gasteiger partial charge on any atom is -0.323 e. The predicted molar refractivity (Wildman–Crippen MR) is 98.0 cm³/mol. The Hall–Kier alpha value is -2.31. The van der Waals surface area contributed by atoms with Gasteiger partial charge in [0, 0.05) is 30.4 Å². The first-order chi connectivity index (χ1) is 12.0. The SMILES string of the molecule is Cc1nn(CCC(=O)Nc2cnn(Cc3cccc(Cl)c3)c2)cc1Cl. The molecule has 0 atom stereocenters. The molecule has 2 heterocycles. The van der Waals surface area contributed by atoms with Crippen molar-refractivity contribution >= 4 is 34.8 Å². The van der Waals surface area contributed by atoms with Crippen LogP contribution in [0.25, 0.3) is 0 Å². The molecule has 0 aliphatic rings. The molecule has 0 radical (unpaired) electrons. The molecule has 130 valence electrons. The number of nitrogens with zero attached hydrogens (tertiary/aromatic N) is 4. The molecule has 3 aromatic rings. The number of nitrogens with one attached hydrogen (secondary N) is 1. The summed E-state index contributed by atoms with van der Waals surface area (Å²) < 4.78 is 3.41. The van der Waals surface area contributed by atoms with Gasteiger partial charge < -0.3 is 5.32 Å². The average molecular weight is 378 g/mol. The fourth-order valence-electron chi connectivity index (χ4n) is 2.38. The Bertz CT molecular complexity index is 867. The number of aromatic nitrogens is 4. The van der Waals surface area contributed by atoms with Crippen LogP contribution in [-0.2, 0) is 17.9 Å². The molecule has 0 unspecified atom stereocenters. The third kappa shape index (κ3) is 4.84. The maximum atomic E-state index is 12.1. The number of carbonyl (C=O) groups excluding carboxylic acids is 1. The zero-order valence-electron chi connectivity index (χ0n) is 13.6. The number of anilines is 1. The molecule has 6 nitrogen and oxygen atoms in total. The van der Waals surface area contributed by atoms with Gasteiger partial charge in [0.2, 0.25) is 5.91 Å². The summed E-state index contributed by atoms with van der Waals surface area (Å²) >= 11 is 11.9. The lowest BCUT2D eigenvalue weighted by Gasteiger charge is -2.03. The van der Waals surface area contributed by atoms with Crippen LogP contribution in [0.5, 0.6) is 0 Å². The van der Waals surface area contributed by atoms with Gasteiger partial charge in [0.1, 0.15) is 0 Å². The van der Waals surface area contributed by atoms with Gasteiger partial charge in [0.25, 0.3) is 0 Å². The Balaban J connectivity index is 1.53. The molecule has 0 aliphatic carbocycles. The van der Waals surface area contributed by atoms with E-state index in [-0.39, 0.29) is 5.91 Å². The zero-order valence-corrected chi connectivity index (χ0v) is 15.1. The molecule has 0 saturated heterocycles. The Labute approximate surface area is 155 Å². The molecular formula is C17H17Cl2N5O. The summed E-state index contributed by atoms with van der Waals surface area (Å²) in [6.07, 6.45) is 5.43. The number of amides is 1. The first kappa shape index (κ1) is 17.5. The van der Waals surface area contributed by atoms with E-state index in [1.54, 1.807) is 28.0 Å². The van der Waals surface area contributed by atoms with E-state index in [0.717, 1.165) is 11.3 Å². The molecule has 0 aliphatic heterocycles. The van der Waals surface area contributed by atoms with Crippen molar-refractivity contribution in [3.63, 3.8) is 0 Å². The summed E-state index contributed by atoms with van der Waals surface area (Å²) in [5.74, 6) is -0.105. The lowest BCUT2D eigenvalue weighted by molar-refractivity contribution is -0.116. The van der Waals surface area contributed by atoms with E-state index >= 15 is 0 Å². The van der Waals surface area contributed by atoms with Crippen LogP contribution in [-0.4, -0.2) is 25.5 Å². The van der Waals surface area contributed by atoms with E-state index in [9.17, 15) is 4.79 Å². The largest absolute Gasteiger partial charge is 0.323 e. The highest BCUT2D eigenvalue weighted by Gasteiger charge is 2.07. The minimum atomic E-state index is -0.105. The van der Waals surface area contributed by atoms with Gasteiger partial charge in [0.05, 0.1) is 29.1 Å². The Morgan fingerprint density at radius 1 is 1.24 bits per heavy atom. The van der Waals surface area contributed by atoms with Gasteiger partial charge in [-0.05, 0) is 24.6 Å². The van der Waals surface area contributed by atoms with Gasteiger partial charge in [-0.3, -0.25) is 14.2 Å². The van der Waals surface area contributed by atoms with E-state index in [2.05, 4.69) is 15.5 Å². The summed E-state index contributed by atoms with van der Waals surface area (Å²) in [5, 5.41) is 12.6. The first-order valence-electron chi connectivity index (χ1n) is 7.76. The second-order valence-electron chi connectivity index (χ2n) is 5.68. The van der Waals surface area contributed by atoms with Gasteiger partial charge in [0.15, 0.2) is 0 Å². The lowest BCUT2D eigenvalue weighted by Crippen LogP contribution is -2.14.